The smallest absolute Gasteiger partial charge is 0.0358 e. The molecule has 0 saturated heterocycles. The normalized spacial score (nSPS) is 12.4. The van der Waals surface area contributed by atoms with Gasteiger partial charge in [0.2, 0.25) is 0 Å². The first-order chi connectivity index (χ1) is 8.29. The minimum atomic E-state index is 0.354. The van der Waals surface area contributed by atoms with Crippen molar-refractivity contribution in [3.8, 4) is 0 Å². The van der Waals surface area contributed by atoms with E-state index < -0.39 is 0 Å². The van der Waals surface area contributed by atoms with Crippen molar-refractivity contribution in [2.75, 3.05) is 7.05 Å². The molecule has 88 valence electrons. The molecule has 1 heterocycles. The Balaban J connectivity index is 2.17. The van der Waals surface area contributed by atoms with E-state index in [2.05, 4.69) is 69.3 Å². The van der Waals surface area contributed by atoms with Crippen LogP contribution in [-0.2, 0) is 6.42 Å². The summed E-state index contributed by atoms with van der Waals surface area (Å²) >= 11 is 2.35. The molecule has 0 amide bonds. The standard InChI is InChI=1S/C14H15IN2/c1-16-14(9-11-5-7-17-8-6-11)12-3-2-4-13(15)10-12/h2-8,10,14,16H,9H2,1H3. The molecule has 0 aliphatic carbocycles. The van der Waals surface area contributed by atoms with Gasteiger partial charge in [-0.3, -0.25) is 4.98 Å². The van der Waals surface area contributed by atoms with Crippen LogP contribution in [0.5, 0.6) is 0 Å². The van der Waals surface area contributed by atoms with Crippen LogP contribution < -0.4 is 5.32 Å². The average Bonchev–Trinajstić information content (AvgIpc) is 2.37. The second-order valence-electron chi connectivity index (χ2n) is 3.96. The van der Waals surface area contributed by atoms with Crippen LogP contribution in [0.3, 0.4) is 0 Å². The van der Waals surface area contributed by atoms with Crippen molar-refractivity contribution in [3.05, 3.63) is 63.5 Å². The van der Waals surface area contributed by atoms with Gasteiger partial charge in [-0.1, -0.05) is 12.1 Å². The van der Waals surface area contributed by atoms with E-state index in [1.54, 1.807) is 0 Å². The fourth-order valence-corrected chi connectivity index (χ4v) is 2.43. The monoisotopic (exact) mass is 338 g/mol. The lowest BCUT2D eigenvalue weighted by Gasteiger charge is -2.17. The third kappa shape index (κ3) is 3.51. The first-order valence-electron chi connectivity index (χ1n) is 5.61. The van der Waals surface area contributed by atoms with Gasteiger partial charge in [0.25, 0.3) is 0 Å². The maximum Gasteiger partial charge on any atom is 0.0358 e. The highest BCUT2D eigenvalue weighted by atomic mass is 127. The van der Waals surface area contributed by atoms with Gasteiger partial charge >= 0.3 is 0 Å². The molecule has 0 spiro atoms. The molecule has 2 nitrogen and oxygen atoms in total. The van der Waals surface area contributed by atoms with E-state index >= 15 is 0 Å². The van der Waals surface area contributed by atoms with E-state index in [4.69, 9.17) is 0 Å². The molecule has 2 rings (SSSR count). The number of pyridine rings is 1. The lowest BCUT2D eigenvalue weighted by molar-refractivity contribution is 0.591. The molecule has 0 radical (unpaired) electrons. The average molecular weight is 338 g/mol. The number of nitrogens with zero attached hydrogens (tertiary/aromatic N) is 1. The Morgan fingerprint density at radius 1 is 1.24 bits per heavy atom. The van der Waals surface area contributed by atoms with Gasteiger partial charge in [0.15, 0.2) is 0 Å². The molecule has 0 fully saturated rings. The third-order valence-corrected chi connectivity index (χ3v) is 3.46. The molecule has 0 aliphatic rings. The van der Waals surface area contributed by atoms with Gasteiger partial charge < -0.3 is 5.32 Å². The maximum absolute atomic E-state index is 4.04. The zero-order valence-corrected chi connectivity index (χ0v) is 11.9. The molecule has 3 heteroatoms. The largest absolute Gasteiger partial charge is 0.313 e. The van der Waals surface area contributed by atoms with Gasteiger partial charge in [-0.05, 0) is 71.5 Å². The minimum Gasteiger partial charge on any atom is -0.313 e. The predicted octanol–water partition coefficient (Wildman–Crippen LogP) is 3.19. The Morgan fingerprint density at radius 2 is 2.00 bits per heavy atom. The zero-order valence-electron chi connectivity index (χ0n) is 9.73. The van der Waals surface area contributed by atoms with Crippen LogP contribution in [0.1, 0.15) is 17.2 Å². The number of hydrogen-bond acceptors (Lipinski definition) is 2. The van der Waals surface area contributed by atoms with Crippen LogP contribution >= 0.6 is 22.6 Å². The van der Waals surface area contributed by atoms with Crippen molar-refractivity contribution in [2.24, 2.45) is 0 Å². The van der Waals surface area contributed by atoms with Crippen LogP contribution in [0, 0.1) is 3.57 Å². The van der Waals surface area contributed by atoms with Crippen LogP contribution in [0.2, 0.25) is 0 Å². The number of nitrogens with one attached hydrogen (secondary N) is 1. The summed E-state index contributed by atoms with van der Waals surface area (Å²) in [6, 6.07) is 13.1. The summed E-state index contributed by atoms with van der Waals surface area (Å²) in [5.74, 6) is 0. The van der Waals surface area contributed by atoms with Crippen LogP contribution in [0.4, 0.5) is 0 Å². The summed E-state index contributed by atoms with van der Waals surface area (Å²) < 4.78 is 1.27. The molecule has 0 aliphatic heterocycles. The second kappa shape index (κ2) is 6.12. The predicted molar refractivity (Wildman–Crippen MR) is 78.9 cm³/mol. The van der Waals surface area contributed by atoms with E-state index in [0.29, 0.717) is 6.04 Å². The molecular formula is C14H15IN2. The summed E-state index contributed by atoms with van der Waals surface area (Å²) in [7, 11) is 2.01. The minimum absolute atomic E-state index is 0.354. The highest BCUT2D eigenvalue weighted by Gasteiger charge is 2.09. The first-order valence-corrected chi connectivity index (χ1v) is 6.69. The molecule has 1 atom stereocenters. The van der Waals surface area contributed by atoms with Gasteiger partial charge in [-0.25, -0.2) is 0 Å². The first kappa shape index (κ1) is 12.5. The van der Waals surface area contributed by atoms with Crippen LogP contribution in [-0.4, -0.2) is 12.0 Å². The Morgan fingerprint density at radius 3 is 2.65 bits per heavy atom. The van der Waals surface area contributed by atoms with Gasteiger partial charge in [-0.15, -0.1) is 0 Å². The van der Waals surface area contributed by atoms with Crippen molar-refractivity contribution in [1.29, 1.82) is 0 Å². The highest BCUT2D eigenvalue weighted by Crippen LogP contribution is 2.19. The molecule has 1 N–H and O–H groups in total. The highest BCUT2D eigenvalue weighted by molar-refractivity contribution is 14.1. The van der Waals surface area contributed by atoms with Gasteiger partial charge in [-0.2, -0.15) is 0 Å². The number of rotatable bonds is 4. The van der Waals surface area contributed by atoms with E-state index in [-0.39, 0.29) is 0 Å². The van der Waals surface area contributed by atoms with Crippen LogP contribution in [0.25, 0.3) is 0 Å². The fourth-order valence-electron chi connectivity index (χ4n) is 1.86. The lowest BCUT2D eigenvalue weighted by Crippen LogP contribution is -2.18. The Kier molecular flexibility index (Phi) is 4.50. The summed E-state index contributed by atoms with van der Waals surface area (Å²) in [5, 5.41) is 3.37. The molecule has 1 aromatic heterocycles. The number of benzene rings is 1. The van der Waals surface area contributed by atoms with Crippen molar-refractivity contribution < 1.29 is 0 Å². The molecule has 2 aromatic rings. The Labute approximate surface area is 116 Å². The molecule has 0 saturated carbocycles. The van der Waals surface area contributed by atoms with Gasteiger partial charge in [0.1, 0.15) is 0 Å². The number of halogens is 1. The van der Waals surface area contributed by atoms with Crippen molar-refractivity contribution >= 4 is 22.6 Å². The van der Waals surface area contributed by atoms with Gasteiger partial charge in [0, 0.05) is 22.0 Å². The topological polar surface area (TPSA) is 24.9 Å². The van der Waals surface area contributed by atoms with Gasteiger partial charge in [0.05, 0.1) is 0 Å². The Hall–Kier alpha value is -0.940. The summed E-state index contributed by atoms with van der Waals surface area (Å²) in [6.07, 6.45) is 4.67. The van der Waals surface area contributed by atoms with Crippen molar-refractivity contribution in [1.82, 2.24) is 10.3 Å². The van der Waals surface area contributed by atoms with E-state index in [1.807, 2.05) is 19.4 Å². The molecular weight excluding hydrogens is 323 g/mol. The van der Waals surface area contributed by atoms with Crippen molar-refractivity contribution in [3.63, 3.8) is 0 Å². The number of likely N-dealkylation sites (N-methyl/N-ethyl adjacent to an activating group) is 1. The fraction of sp³-hybridized carbons (Fsp3) is 0.214. The van der Waals surface area contributed by atoms with Crippen molar-refractivity contribution in [2.45, 2.75) is 12.5 Å². The molecule has 17 heavy (non-hydrogen) atoms. The number of aromatic nitrogens is 1. The summed E-state index contributed by atoms with van der Waals surface area (Å²) in [4.78, 5) is 4.04. The summed E-state index contributed by atoms with van der Waals surface area (Å²) in [6.45, 7) is 0. The Bertz CT molecular complexity index is 471. The van der Waals surface area contributed by atoms with E-state index in [9.17, 15) is 0 Å². The SMILES string of the molecule is CNC(Cc1ccncc1)c1cccc(I)c1. The lowest BCUT2D eigenvalue weighted by atomic mass is 10.00. The quantitative estimate of drug-likeness (QED) is 0.866. The third-order valence-electron chi connectivity index (χ3n) is 2.79. The maximum atomic E-state index is 4.04. The van der Waals surface area contributed by atoms with E-state index in [0.717, 1.165) is 6.42 Å². The molecule has 1 aromatic carbocycles. The van der Waals surface area contributed by atoms with E-state index in [1.165, 1.54) is 14.7 Å². The molecule has 1 unspecified atom stereocenters. The number of hydrogen-bond donors (Lipinski definition) is 1. The second-order valence-corrected chi connectivity index (χ2v) is 5.20. The summed E-state index contributed by atoms with van der Waals surface area (Å²) in [5.41, 5.74) is 2.63. The molecule has 0 bridgehead atoms. The zero-order chi connectivity index (χ0) is 12.1. The van der Waals surface area contributed by atoms with Crippen LogP contribution in [0.15, 0.2) is 48.8 Å².